The van der Waals surface area contributed by atoms with Crippen molar-refractivity contribution in [1.29, 1.82) is 0 Å². The molecule has 0 spiro atoms. The van der Waals surface area contributed by atoms with Crippen LogP contribution in [0.15, 0.2) is 47.9 Å². The smallest absolute Gasteiger partial charge is 0.192 e. The predicted octanol–water partition coefficient (Wildman–Crippen LogP) is 4.77. The molecule has 0 unspecified atom stereocenters. The summed E-state index contributed by atoms with van der Waals surface area (Å²) in [6.45, 7) is 4.21. The number of carbonyl (C=O) groups is 1. The molecule has 1 aromatic carbocycles. The number of nitrogens with zero attached hydrogens (tertiary/aromatic N) is 4. The predicted molar refractivity (Wildman–Crippen MR) is 112 cm³/mol. The molecule has 1 aliphatic carbocycles. The lowest BCUT2D eigenvalue weighted by Gasteiger charge is -2.10. The molecule has 0 amide bonds. The Hall–Kier alpha value is -2.47. The normalized spacial score (nSPS) is 13.6. The first kappa shape index (κ1) is 18.9. The molecule has 2 aromatic heterocycles. The molecule has 0 saturated heterocycles. The van der Waals surface area contributed by atoms with Crippen LogP contribution in [0.1, 0.15) is 54.2 Å². The van der Waals surface area contributed by atoms with E-state index in [1.54, 1.807) is 12.4 Å². The number of benzene rings is 1. The molecule has 5 nitrogen and oxygen atoms in total. The average Bonchev–Trinajstić information content (AvgIpc) is 3.50. The van der Waals surface area contributed by atoms with Crippen LogP contribution in [0, 0.1) is 0 Å². The maximum Gasteiger partial charge on any atom is 0.192 e. The Morgan fingerprint density at radius 2 is 1.89 bits per heavy atom. The van der Waals surface area contributed by atoms with Gasteiger partial charge in [-0.15, -0.1) is 10.2 Å². The number of pyridine rings is 1. The molecule has 0 aliphatic heterocycles. The number of aromatic nitrogens is 4. The van der Waals surface area contributed by atoms with Gasteiger partial charge in [0.05, 0.1) is 5.75 Å². The van der Waals surface area contributed by atoms with E-state index >= 15 is 0 Å². The summed E-state index contributed by atoms with van der Waals surface area (Å²) in [6, 6.07) is 10.6. The number of Topliss-reactive ketones (excluding diaryl/α,β-unsaturated/α-hetero) is 1. The van der Waals surface area contributed by atoms with Crippen LogP contribution in [0.3, 0.4) is 0 Å². The monoisotopic (exact) mass is 392 g/mol. The SMILES string of the molecule is CCc1ccc(CC)c(C(=O)CSc2nnc(-c3ccncc3)n2C2CC2)c1. The minimum absolute atomic E-state index is 0.160. The number of ketones is 1. The van der Waals surface area contributed by atoms with E-state index in [4.69, 9.17) is 0 Å². The van der Waals surface area contributed by atoms with Gasteiger partial charge in [0, 0.05) is 29.6 Å². The van der Waals surface area contributed by atoms with Gasteiger partial charge in [0.1, 0.15) is 0 Å². The van der Waals surface area contributed by atoms with E-state index in [1.807, 2.05) is 12.1 Å². The summed E-state index contributed by atoms with van der Waals surface area (Å²) >= 11 is 1.49. The van der Waals surface area contributed by atoms with E-state index < -0.39 is 0 Å². The van der Waals surface area contributed by atoms with Crippen LogP contribution in [0.25, 0.3) is 11.4 Å². The maximum atomic E-state index is 13.0. The summed E-state index contributed by atoms with van der Waals surface area (Å²) in [6.07, 6.45) is 7.60. The standard InChI is InChI=1S/C22H24N4OS/c1-3-15-5-6-16(4-2)19(13-15)20(27)14-28-22-25-24-21(26(22)18-7-8-18)17-9-11-23-12-10-17/h5-6,9-13,18H,3-4,7-8,14H2,1-2H3. The molecule has 144 valence electrons. The lowest BCUT2D eigenvalue weighted by Crippen LogP contribution is -2.08. The fraction of sp³-hybridized carbons (Fsp3) is 0.364. The van der Waals surface area contributed by atoms with E-state index in [-0.39, 0.29) is 5.78 Å². The van der Waals surface area contributed by atoms with Crippen LogP contribution >= 0.6 is 11.8 Å². The molecule has 0 N–H and O–H groups in total. The van der Waals surface area contributed by atoms with Gasteiger partial charge in [-0.3, -0.25) is 14.3 Å². The van der Waals surface area contributed by atoms with Gasteiger partial charge in [0.2, 0.25) is 0 Å². The van der Waals surface area contributed by atoms with Crippen LogP contribution in [0.2, 0.25) is 0 Å². The van der Waals surface area contributed by atoms with Crippen LogP contribution in [-0.4, -0.2) is 31.3 Å². The molecule has 28 heavy (non-hydrogen) atoms. The van der Waals surface area contributed by atoms with Crippen molar-refractivity contribution >= 4 is 17.5 Å². The number of thioether (sulfide) groups is 1. The van der Waals surface area contributed by atoms with Crippen LogP contribution < -0.4 is 0 Å². The van der Waals surface area contributed by atoms with Crippen LogP contribution in [-0.2, 0) is 12.8 Å². The summed E-state index contributed by atoms with van der Waals surface area (Å²) in [5.74, 6) is 1.40. The van der Waals surface area contributed by atoms with Crippen molar-refractivity contribution < 1.29 is 4.79 Å². The summed E-state index contributed by atoms with van der Waals surface area (Å²) < 4.78 is 2.19. The van der Waals surface area contributed by atoms with Gasteiger partial charge < -0.3 is 0 Å². The van der Waals surface area contributed by atoms with E-state index in [1.165, 1.54) is 17.3 Å². The minimum atomic E-state index is 0.160. The molecule has 1 saturated carbocycles. The van der Waals surface area contributed by atoms with Gasteiger partial charge in [-0.05, 0) is 55.0 Å². The topological polar surface area (TPSA) is 60.7 Å². The van der Waals surface area contributed by atoms with Crippen molar-refractivity contribution in [1.82, 2.24) is 19.7 Å². The summed E-state index contributed by atoms with van der Waals surface area (Å²) in [5, 5.41) is 9.64. The van der Waals surface area contributed by atoms with Gasteiger partial charge in [0.15, 0.2) is 16.8 Å². The first-order valence-corrected chi connectivity index (χ1v) is 10.8. The molecule has 0 atom stereocenters. The summed E-state index contributed by atoms with van der Waals surface area (Å²) in [4.78, 5) is 17.0. The van der Waals surface area contributed by atoms with Crippen molar-refractivity contribution in [2.45, 2.75) is 50.7 Å². The maximum absolute atomic E-state index is 13.0. The molecule has 2 heterocycles. The van der Waals surface area contributed by atoms with Crippen molar-refractivity contribution in [3.63, 3.8) is 0 Å². The zero-order valence-corrected chi connectivity index (χ0v) is 17.1. The van der Waals surface area contributed by atoms with E-state index in [2.05, 4.69) is 51.8 Å². The Morgan fingerprint density at radius 1 is 1.11 bits per heavy atom. The zero-order valence-electron chi connectivity index (χ0n) is 16.3. The lowest BCUT2D eigenvalue weighted by molar-refractivity contribution is 0.102. The third kappa shape index (κ3) is 3.87. The van der Waals surface area contributed by atoms with Crippen LogP contribution in [0.4, 0.5) is 0 Å². The molecule has 4 rings (SSSR count). The minimum Gasteiger partial charge on any atom is -0.299 e. The third-order valence-corrected chi connectivity index (χ3v) is 6.05. The lowest BCUT2D eigenvalue weighted by atomic mass is 9.98. The average molecular weight is 393 g/mol. The van der Waals surface area contributed by atoms with Crippen molar-refractivity contribution in [2.75, 3.05) is 5.75 Å². The Kier molecular flexibility index (Phi) is 5.57. The molecule has 0 radical (unpaired) electrons. The number of aryl methyl sites for hydroxylation is 2. The first-order chi connectivity index (χ1) is 13.7. The molecule has 6 heteroatoms. The molecule has 1 aliphatic rings. The first-order valence-electron chi connectivity index (χ1n) is 9.84. The highest BCUT2D eigenvalue weighted by Gasteiger charge is 2.30. The Balaban J connectivity index is 1.56. The number of rotatable bonds is 8. The van der Waals surface area contributed by atoms with Gasteiger partial charge in [-0.2, -0.15) is 0 Å². The summed E-state index contributed by atoms with van der Waals surface area (Å²) in [7, 11) is 0. The molecule has 0 bridgehead atoms. The van der Waals surface area contributed by atoms with Gasteiger partial charge in [0.25, 0.3) is 0 Å². The van der Waals surface area contributed by atoms with Gasteiger partial charge in [-0.25, -0.2) is 0 Å². The van der Waals surface area contributed by atoms with Gasteiger partial charge in [-0.1, -0.05) is 37.7 Å². The Morgan fingerprint density at radius 3 is 2.57 bits per heavy atom. The van der Waals surface area contributed by atoms with E-state index in [0.29, 0.717) is 11.8 Å². The molecule has 1 fully saturated rings. The Bertz CT molecular complexity index is 979. The second-order valence-corrected chi connectivity index (χ2v) is 8.00. The Labute approximate surface area is 169 Å². The van der Waals surface area contributed by atoms with Crippen molar-refractivity contribution in [3.8, 4) is 11.4 Å². The van der Waals surface area contributed by atoms with E-state index in [9.17, 15) is 4.79 Å². The number of hydrogen-bond donors (Lipinski definition) is 0. The summed E-state index contributed by atoms with van der Waals surface area (Å²) in [5.41, 5.74) is 4.17. The van der Waals surface area contributed by atoms with Crippen molar-refractivity contribution in [3.05, 3.63) is 59.4 Å². The third-order valence-electron chi connectivity index (χ3n) is 5.11. The largest absolute Gasteiger partial charge is 0.299 e. The highest BCUT2D eigenvalue weighted by molar-refractivity contribution is 7.99. The fourth-order valence-corrected chi connectivity index (χ4v) is 4.24. The van der Waals surface area contributed by atoms with Crippen LogP contribution in [0.5, 0.6) is 0 Å². The fourth-order valence-electron chi connectivity index (χ4n) is 3.35. The molecule has 3 aromatic rings. The molecular weight excluding hydrogens is 368 g/mol. The number of carbonyl (C=O) groups excluding carboxylic acids is 1. The highest BCUT2D eigenvalue weighted by atomic mass is 32.2. The number of hydrogen-bond acceptors (Lipinski definition) is 5. The zero-order chi connectivity index (χ0) is 19.5. The highest BCUT2D eigenvalue weighted by Crippen LogP contribution is 2.41. The quantitative estimate of drug-likeness (QED) is 0.408. The van der Waals surface area contributed by atoms with Crippen molar-refractivity contribution in [2.24, 2.45) is 0 Å². The second-order valence-electron chi connectivity index (χ2n) is 7.05. The van der Waals surface area contributed by atoms with Gasteiger partial charge >= 0.3 is 0 Å². The second kappa shape index (κ2) is 8.27. The van der Waals surface area contributed by atoms with E-state index in [0.717, 1.165) is 53.4 Å². The molecular formula is C22H24N4OS.